The Morgan fingerprint density at radius 1 is 0.511 bits per heavy atom. The summed E-state index contributed by atoms with van der Waals surface area (Å²) in [7, 11) is -8.85. The van der Waals surface area contributed by atoms with E-state index in [4.69, 9.17) is 35.4 Å². The number of rotatable bonds is 22. The van der Waals surface area contributed by atoms with E-state index >= 15 is 0 Å². The van der Waals surface area contributed by atoms with Crippen molar-refractivity contribution in [3.63, 3.8) is 0 Å². The minimum Gasteiger partial charge on any atom is -0.469 e. The van der Waals surface area contributed by atoms with E-state index in [2.05, 4.69) is 83.3 Å². The predicted molar refractivity (Wildman–Crippen MR) is 203 cm³/mol. The van der Waals surface area contributed by atoms with Gasteiger partial charge in [0.2, 0.25) is 8.32 Å². The predicted octanol–water partition coefficient (Wildman–Crippen LogP) is 6.79. The van der Waals surface area contributed by atoms with Crippen LogP contribution in [-0.2, 0) is 54.5 Å². The summed E-state index contributed by atoms with van der Waals surface area (Å²) < 4.78 is 50.2. The first-order valence-corrected chi connectivity index (χ1v) is 34.6. The fraction of sp³-hybridized carbons (Fsp3) is 0.897. The maximum absolute atomic E-state index is 11.9. The Balaban J connectivity index is -0.000000818. The number of hydrogen-bond acceptors (Lipinski definition) is 12. The smallest absolute Gasteiger partial charge is 0.311 e. The standard InChI is InChI=1S/C15H34O7Si3.C13H32O5Si3.CH4/c1-18-14(16)9-10-15(17)20-12-11-19-13-24(5,6)22-25(7,8)21-23(2,3)4;1-15-10-9-11-16-13(14)12-20(5,6)18-21(7,8)17-19(2,3)4;/h9-13H2,1-8H3;9-12H2,1-8H3;1H4. The zero-order valence-corrected chi connectivity index (χ0v) is 37.8. The van der Waals surface area contributed by atoms with Crippen molar-refractivity contribution in [2.75, 3.05) is 46.9 Å². The van der Waals surface area contributed by atoms with E-state index < -0.39 is 62.3 Å². The van der Waals surface area contributed by atoms with Crippen molar-refractivity contribution in [1.29, 1.82) is 0 Å². The molecule has 0 N–H and O–H groups in total. The van der Waals surface area contributed by atoms with E-state index in [-0.39, 0.29) is 32.8 Å². The largest absolute Gasteiger partial charge is 0.469 e. The topological polar surface area (TPSA) is 134 Å². The van der Waals surface area contributed by atoms with Crippen LogP contribution in [0.25, 0.3) is 0 Å². The molecule has 0 aromatic rings. The summed E-state index contributed by atoms with van der Waals surface area (Å²) in [4.78, 5) is 34.2. The van der Waals surface area contributed by atoms with Gasteiger partial charge in [0, 0.05) is 20.1 Å². The lowest BCUT2D eigenvalue weighted by molar-refractivity contribution is -0.149. The van der Waals surface area contributed by atoms with Crippen LogP contribution in [0.1, 0.15) is 26.7 Å². The Kier molecular flexibility index (Phi) is 24.9. The molecule has 47 heavy (non-hydrogen) atoms. The number of methoxy groups -OCH3 is 2. The second-order valence-corrected chi connectivity index (χ2v) is 40.0. The zero-order valence-electron chi connectivity index (χ0n) is 31.8. The van der Waals surface area contributed by atoms with E-state index in [0.717, 1.165) is 6.42 Å². The van der Waals surface area contributed by atoms with E-state index in [0.29, 0.717) is 32.1 Å². The highest BCUT2D eigenvalue weighted by molar-refractivity contribution is 6.88. The van der Waals surface area contributed by atoms with Crippen LogP contribution in [-0.4, -0.2) is 115 Å². The molecular weight excluding hydrogens is 709 g/mol. The molecule has 0 bridgehead atoms. The molecule has 0 atom stereocenters. The Bertz CT molecular complexity index is 903. The third-order valence-electron chi connectivity index (χ3n) is 5.18. The SMILES string of the molecule is C.COC(=O)CCC(=O)OCCOC[Si](C)(C)O[Si](C)(C)O[Si](C)(C)C.COCCCOC(=O)C[Si](C)(C)O[Si](C)(C)O[Si](C)(C)C. The van der Waals surface area contributed by atoms with E-state index in [1.54, 1.807) is 7.11 Å². The van der Waals surface area contributed by atoms with Crippen molar-refractivity contribution in [3.05, 3.63) is 0 Å². The number of hydrogen-bond donors (Lipinski definition) is 0. The summed E-state index contributed by atoms with van der Waals surface area (Å²) >= 11 is 0. The van der Waals surface area contributed by atoms with Gasteiger partial charge < -0.3 is 40.1 Å². The van der Waals surface area contributed by atoms with Crippen LogP contribution in [0.15, 0.2) is 0 Å². The van der Waals surface area contributed by atoms with Gasteiger partial charge in [-0.2, -0.15) is 0 Å². The molecule has 0 amide bonds. The van der Waals surface area contributed by atoms with Crippen LogP contribution >= 0.6 is 0 Å². The summed E-state index contributed by atoms with van der Waals surface area (Å²) in [6.45, 7) is 31.0. The summed E-state index contributed by atoms with van der Waals surface area (Å²) in [6.07, 6.45) is 1.28. The first-order valence-electron chi connectivity index (χ1n) is 15.9. The lowest BCUT2D eigenvalue weighted by Gasteiger charge is -2.37. The molecule has 0 heterocycles. The van der Waals surface area contributed by atoms with Gasteiger partial charge in [-0.15, -0.1) is 0 Å². The van der Waals surface area contributed by atoms with E-state index in [1.807, 2.05) is 13.1 Å². The van der Waals surface area contributed by atoms with Crippen molar-refractivity contribution >= 4 is 68.3 Å². The quantitative estimate of drug-likeness (QED) is 0.0496. The molecule has 0 aliphatic heterocycles. The molecule has 0 aromatic carbocycles. The van der Waals surface area contributed by atoms with E-state index in [9.17, 15) is 14.4 Å². The lowest BCUT2D eigenvalue weighted by Crippen LogP contribution is -2.53. The van der Waals surface area contributed by atoms with Crippen molar-refractivity contribution in [2.45, 2.75) is 124 Å². The average Bonchev–Trinajstić information content (AvgIpc) is 2.80. The monoisotopic (exact) mass is 778 g/mol. The zero-order chi connectivity index (χ0) is 36.5. The average molecular weight is 779 g/mol. The second kappa shape index (κ2) is 23.0. The maximum Gasteiger partial charge on any atom is 0.311 e. The normalized spacial score (nSPS) is 12.8. The first kappa shape index (κ1) is 50.8. The third kappa shape index (κ3) is 33.7. The molecule has 0 unspecified atom stereocenters. The summed E-state index contributed by atoms with van der Waals surface area (Å²) in [5.74, 6) is -1.04. The van der Waals surface area contributed by atoms with Crippen molar-refractivity contribution < 1.29 is 54.5 Å². The highest BCUT2D eigenvalue weighted by Gasteiger charge is 2.40. The van der Waals surface area contributed by atoms with Crippen molar-refractivity contribution in [2.24, 2.45) is 0 Å². The van der Waals surface area contributed by atoms with Gasteiger partial charge in [-0.1, -0.05) is 7.43 Å². The number of carbonyl (C=O) groups excluding carboxylic acids is 3. The van der Waals surface area contributed by atoms with Gasteiger partial charge in [0.25, 0.3) is 0 Å². The van der Waals surface area contributed by atoms with Crippen molar-refractivity contribution in [3.8, 4) is 0 Å². The Labute approximate surface area is 293 Å². The summed E-state index contributed by atoms with van der Waals surface area (Å²) in [5.41, 5.74) is 0. The molecular formula is C29H70O12Si6. The summed E-state index contributed by atoms with van der Waals surface area (Å²) in [6, 6.07) is 0.367. The van der Waals surface area contributed by atoms with Crippen molar-refractivity contribution in [1.82, 2.24) is 0 Å². The number of carbonyl (C=O) groups is 3. The fourth-order valence-electron chi connectivity index (χ4n) is 4.61. The fourth-order valence-corrected chi connectivity index (χ4v) is 30.1. The third-order valence-corrected chi connectivity index (χ3v) is 24.4. The van der Waals surface area contributed by atoms with Gasteiger partial charge in [0.15, 0.2) is 25.0 Å². The molecule has 0 aromatic heterocycles. The number of esters is 3. The molecule has 0 saturated heterocycles. The van der Waals surface area contributed by atoms with Crippen LogP contribution in [0.3, 0.4) is 0 Å². The highest BCUT2D eigenvalue weighted by atomic mass is 28.5. The van der Waals surface area contributed by atoms with Gasteiger partial charge in [-0.05, 0) is 91.7 Å². The second-order valence-electron chi connectivity index (χ2n) is 15.0. The lowest BCUT2D eigenvalue weighted by atomic mass is 10.3. The first-order chi connectivity index (χ1) is 20.6. The molecule has 0 aliphatic rings. The Morgan fingerprint density at radius 2 is 0.957 bits per heavy atom. The molecule has 0 spiro atoms. The van der Waals surface area contributed by atoms with Crippen LogP contribution in [0.4, 0.5) is 0 Å². The van der Waals surface area contributed by atoms with Gasteiger partial charge in [-0.25, -0.2) is 0 Å². The molecule has 0 aliphatic carbocycles. The molecule has 0 saturated carbocycles. The Hall–Kier alpha value is -0.529. The van der Waals surface area contributed by atoms with Gasteiger partial charge in [0.1, 0.15) is 6.61 Å². The molecule has 0 radical (unpaired) electrons. The molecule has 18 heteroatoms. The minimum atomic E-state index is -2.19. The molecule has 0 rings (SSSR count). The maximum atomic E-state index is 11.9. The van der Waals surface area contributed by atoms with Gasteiger partial charge in [-0.3, -0.25) is 14.4 Å². The van der Waals surface area contributed by atoms with Gasteiger partial charge >= 0.3 is 35.0 Å². The summed E-state index contributed by atoms with van der Waals surface area (Å²) in [5, 5.41) is 0. The van der Waals surface area contributed by atoms with Crippen LogP contribution < -0.4 is 0 Å². The molecule has 0 fully saturated rings. The van der Waals surface area contributed by atoms with Crippen LogP contribution in [0.5, 0.6) is 0 Å². The Morgan fingerprint density at radius 3 is 1.40 bits per heavy atom. The van der Waals surface area contributed by atoms with E-state index in [1.165, 1.54) is 7.11 Å². The number of ether oxygens (including phenoxy) is 5. The van der Waals surface area contributed by atoms with Gasteiger partial charge in [0.05, 0.1) is 45.4 Å². The van der Waals surface area contributed by atoms with Crippen LogP contribution in [0.2, 0.25) is 97.7 Å². The van der Waals surface area contributed by atoms with Crippen LogP contribution in [0, 0.1) is 0 Å². The highest BCUT2D eigenvalue weighted by Crippen LogP contribution is 2.23. The minimum absolute atomic E-state index is 0. The molecule has 12 nitrogen and oxygen atoms in total. The molecule has 282 valence electrons.